The molecule has 4 rings (SSSR count). The number of carbonyl (C=O) groups excluding carboxylic acids is 1. The van der Waals surface area contributed by atoms with Gasteiger partial charge in [0, 0.05) is 35.0 Å². The molecule has 31 heavy (non-hydrogen) atoms. The SMILES string of the molecule is O=C(Nc1cccc([N+](=O)[O-])c1)c1cc2cccnc2n(Cc2ccccc2F)c1=O. The summed E-state index contributed by atoms with van der Waals surface area (Å²) in [7, 11) is 0. The number of rotatable bonds is 5. The number of benzene rings is 2. The van der Waals surface area contributed by atoms with Gasteiger partial charge in [-0.25, -0.2) is 9.37 Å². The van der Waals surface area contributed by atoms with Crippen LogP contribution in [0.2, 0.25) is 0 Å². The molecule has 0 spiro atoms. The van der Waals surface area contributed by atoms with Gasteiger partial charge in [-0.05, 0) is 30.3 Å². The molecule has 0 atom stereocenters. The van der Waals surface area contributed by atoms with Crippen LogP contribution in [-0.2, 0) is 6.54 Å². The van der Waals surface area contributed by atoms with Crippen LogP contribution in [0.3, 0.4) is 0 Å². The minimum absolute atomic E-state index is 0.114. The van der Waals surface area contributed by atoms with Crippen LogP contribution >= 0.6 is 0 Å². The van der Waals surface area contributed by atoms with Crippen LogP contribution in [0.15, 0.2) is 77.7 Å². The first-order valence-electron chi connectivity index (χ1n) is 9.22. The van der Waals surface area contributed by atoms with E-state index < -0.39 is 22.2 Å². The third-order valence-corrected chi connectivity index (χ3v) is 4.69. The Morgan fingerprint density at radius 1 is 1.10 bits per heavy atom. The van der Waals surface area contributed by atoms with E-state index >= 15 is 0 Å². The van der Waals surface area contributed by atoms with E-state index in [0.717, 1.165) is 0 Å². The number of nitro benzene ring substituents is 1. The number of amides is 1. The summed E-state index contributed by atoms with van der Waals surface area (Å²) in [6.45, 7) is -0.114. The number of non-ortho nitro benzene ring substituents is 1. The lowest BCUT2D eigenvalue weighted by molar-refractivity contribution is -0.384. The average Bonchev–Trinajstić information content (AvgIpc) is 2.77. The van der Waals surface area contributed by atoms with Crippen molar-refractivity contribution < 1.29 is 14.1 Å². The molecule has 0 unspecified atom stereocenters. The molecular formula is C22H15FN4O4. The van der Waals surface area contributed by atoms with E-state index in [-0.39, 0.29) is 29.0 Å². The maximum absolute atomic E-state index is 14.2. The van der Waals surface area contributed by atoms with Gasteiger partial charge < -0.3 is 5.32 Å². The zero-order chi connectivity index (χ0) is 22.0. The Morgan fingerprint density at radius 2 is 1.90 bits per heavy atom. The molecule has 2 aromatic carbocycles. The molecule has 8 nitrogen and oxygen atoms in total. The largest absolute Gasteiger partial charge is 0.322 e. The molecule has 1 N–H and O–H groups in total. The van der Waals surface area contributed by atoms with Crippen LogP contribution in [0.25, 0.3) is 11.0 Å². The normalized spacial score (nSPS) is 10.7. The summed E-state index contributed by atoms with van der Waals surface area (Å²) in [6.07, 6.45) is 1.50. The number of hydrogen-bond donors (Lipinski definition) is 1. The highest BCUT2D eigenvalue weighted by atomic mass is 19.1. The summed E-state index contributed by atoms with van der Waals surface area (Å²) in [4.78, 5) is 40.6. The zero-order valence-electron chi connectivity index (χ0n) is 16.0. The maximum Gasteiger partial charge on any atom is 0.271 e. The number of nitrogens with one attached hydrogen (secondary N) is 1. The summed E-state index contributed by atoms with van der Waals surface area (Å²) in [6, 6.07) is 16.2. The van der Waals surface area contributed by atoms with E-state index in [0.29, 0.717) is 11.0 Å². The molecule has 0 fully saturated rings. The fraction of sp³-hybridized carbons (Fsp3) is 0.0455. The Hall–Kier alpha value is -4.40. The molecule has 0 aliphatic carbocycles. The van der Waals surface area contributed by atoms with Crippen LogP contribution in [0.5, 0.6) is 0 Å². The summed E-state index contributed by atoms with van der Waals surface area (Å²) in [5.74, 6) is -1.22. The predicted octanol–water partition coefficient (Wildman–Crippen LogP) is 3.74. The van der Waals surface area contributed by atoms with Crippen molar-refractivity contribution in [3.63, 3.8) is 0 Å². The quantitative estimate of drug-likeness (QED) is 0.392. The molecule has 2 aromatic heterocycles. The number of carbonyl (C=O) groups is 1. The maximum atomic E-state index is 14.2. The molecular weight excluding hydrogens is 403 g/mol. The van der Waals surface area contributed by atoms with Gasteiger partial charge in [0.05, 0.1) is 11.5 Å². The van der Waals surface area contributed by atoms with Gasteiger partial charge in [0.2, 0.25) is 0 Å². The van der Waals surface area contributed by atoms with E-state index in [4.69, 9.17) is 0 Å². The van der Waals surface area contributed by atoms with Crippen LogP contribution in [0, 0.1) is 15.9 Å². The van der Waals surface area contributed by atoms with E-state index in [9.17, 15) is 24.1 Å². The fourth-order valence-electron chi connectivity index (χ4n) is 3.21. The van der Waals surface area contributed by atoms with E-state index in [2.05, 4.69) is 10.3 Å². The fourth-order valence-corrected chi connectivity index (χ4v) is 3.21. The molecule has 0 saturated heterocycles. The number of fused-ring (bicyclic) bond motifs is 1. The van der Waals surface area contributed by atoms with Crippen LogP contribution in [-0.4, -0.2) is 20.4 Å². The van der Waals surface area contributed by atoms with Crippen molar-refractivity contribution in [2.75, 3.05) is 5.32 Å². The second-order valence-electron chi connectivity index (χ2n) is 6.72. The Morgan fingerprint density at radius 3 is 2.68 bits per heavy atom. The number of halogens is 1. The average molecular weight is 418 g/mol. The molecule has 0 saturated carbocycles. The number of aromatic nitrogens is 2. The van der Waals surface area contributed by atoms with Gasteiger partial charge in [-0.2, -0.15) is 0 Å². The number of nitrogens with zero attached hydrogens (tertiary/aromatic N) is 3. The number of hydrogen-bond acceptors (Lipinski definition) is 5. The number of pyridine rings is 2. The monoisotopic (exact) mass is 418 g/mol. The molecule has 0 radical (unpaired) electrons. The van der Waals surface area contributed by atoms with Crippen LogP contribution in [0.1, 0.15) is 15.9 Å². The smallest absolute Gasteiger partial charge is 0.271 e. The van der Waals surface area contributed by atoms with Crippen molar-refractivity contribution in [3.05, 3.63) is 110 Å². The van der Waals surface area contributed by atoms with Gasteiger partial charge in [-0.15, -0.1) is 0 Å². The minimum Gasteiger partial charge on any atom is -0.322 e. The lowest BCUT2D eigenvalue weighted by Gasteiger charge is -2.13. The molecule has 0 aliphatic rings. The van der Waals surface area contributed by atoms with Crippen molar-refractivity contribution in [2.45, 2.75) is 6.54 Å². The Bertz CT molecular complexity index is 1380. The zero-order valence-corrected chi connectivity index (χ0v) is 16.0. The second-order valence-corrected chi connectivity index (χ2v) is 6.72. The summed E-state index contributed by atoms with van der Waals surface area (Å²) >= 11 is 0. The Balaban J connectivity index is 1.78. The highest BCUT2D eigenvalue weighted by Gasteiger charge is 2.18. The van der Waals surface area contributed by atoms with E-state index in [1.54, 1.807) is 30.3 Å². The minimum atomic E-state index is -0.737. The van der Waals surface area contributed by atoms with Gasteiger partial charge >= 0.3 is 0 Å². The Kier molecular flexibility index (Phi) is 5.23. The summed E-state index contributed by atoms with van der Waals surface area (Å²) in [5, 5.41) is 14.0. The van der Waals surface area contributed by atoms with Gasteiger partial charge in [0.25, 0.3) is 17.2 Å². The molecule has 9 heteroatoms. The highest BCUT2D eigenvalue weighted by Crippen LogP contribution is 2.19. The van der Waals surface area contributed by atoms with Crippen molar-refractivity contribution in [1.82, 2.24) is 9.55 Å². The molecule has 2 heterocycles. The lowest BCUT2D eigenvalue weighted by Crippen LogP contribution is -2.30. The molecule has 4 aromatic rings. The highest BCUT2D eigenvalue weighted by molar-refractivity contribution is 6.05. The first-order valence-corrected chi connectivity index (χ1v) is 9.22. The van der Waals surface area contributed by atoms with Crippen molar-refractivity contribution >= 4 is 28.3 Å². The van der Waals surface area contributed by atoms with Crippen molar-refractivity contribution in [1.29, 1.82) is 0 Å². The first-order chi connectivity index (χ1) is 14.9. The molecule has 0 aliphatic heterocycles. The van der Waals surface area contributed by atoms with E-state index in [1.165, 1.54) is 47.2 Å². The predicted molar refractivity (Wildman–Crippen MR) is 113 cm³/mol. The number of anilines is 1. The van der Waals surface area contributed by atoms with Gasteiger partial charge in [-0.1, -0.05) is 24.3 Å². The van der Waals surface area contributed by atoms with Crippen LogP contribution in [0.4, 0.5) is 15.8 Å². The number of nitro groups is 1. The van der Waals surface area contributed by atoms with Gasteiger partial charge in [0.1, 0.15) is 17.0 Å². The lowest BCUT2D eigenvalue weighted by atomic mass is 10.1. The molecule has 1 amide bonds. The Labute approximate surface area is 174 Å². The third kappa shape index (κ3) is 4.01. The van der Waals surface area contributed by atoms with Gasteiger partial charge in [0.15, 0.2) is 0 Å². The topological polar surface area (TPSA) is 107 Å². The summed E-state index contributed by atoms with van der Waals surface area (Å²) in [5.41, 5.74) is -0.292. The van der Waals surface area contributed by atoms with Crippen LogP contribution < -0.4 is 10.9 Å². The van der Waals surface area contributed by atoms with Crippen molar-refractivity contribution in [3.8, 4) is 0 Å². The first kappa shape index (κ1) is 19.9. The van der Waals surface area contributed by atoms with Crippen molar-refractivity contribution in [2.24, 2.45) is 0 Å². The molecule has 0 bridgehead atoms. The summed E-state index contributed by atoms with van der Waals surface area (Å²) < 4.78 is 15.4. The second kappa shape index (κ2) is 8.15. The standard InChI is InChI=1S/C22H15FN4O4/c23-19-9-2-1-5-15(19)13-26-20-14(6-4-10-24-20)11-18(22(26)29)21(28)25-16-7-3-8-17(12-16)27(30)31/h1-12H,13H2,(H,25,28). The molecule has 154 valence electrons. The van der Waals surface area contributed by atoms with E-state index in [1.807, 2.05) is 0 Å². The van der Waals surface area contributed by atoms with Gasteiger partial charge in [-0.3, -0.25) is 24.3 Å². The third-order valence-electron chi connectivity index (χ3n) is 4.69.